The van der Waals surface area contributed by atoms with Crippen molar-refractivity contribution in [3.05, 3.63) is 35.9 Å². The van der Waals surface area contributed by atoms with Gasteiger partial charge >= 0.3 is 5.97 Å². The van der Waals surface area contributed by atoms with Gasteiger partial charge in [-0.3, -0.25) is 4.79 Å². The normalized spacial score (nSPS) is 20.2. The Morgan fingerprint density at radius 3 is 2.42 bits per heavy atom. The van der Waals surface area contributed by atoms with Crippen molar-refractivity contribution in [2.24, 2.45) is 17.1 Å². The second kappa shape index (κ2) is 8.67. The SMILES string of the molecule is CCC(CC)[C@H](N)C(=O)N1CC(C)(C)C[C@H]1C(=O)OCc1ccccc1. The van der Waals surface area contributed by atoms with Gasteiger partial charge in [0.2, 0.25) is 5.91 Å². The van der Waals surface area contributed by atoms with E-state index in [0.717, 1.165) is 18.4 Å². The molecule has 0 radical (unpaired) electrons. The highest BCUT2D eigenvalue weighted by molar-refractivity contribution is 5.88. The predicted octanol–water partition coefficient (Wildman–Crippen LogP) is 3.12. The molecule has 0 aromatic heterocycles. The van der Waals surface area contributed by atoms with E-state index < -0.39 is 12.1 Å². The van der Waals surface area contributed by atoms with Crippen molar-refractivity contribution in [1.29, 1.82) is 0 Å². The first-order chi connectivity index (χ1) is 12.3. The summed E-state index contributed by atoms with van der Waals surface area (Å²) in [7, 11) is 0. The molecule has 2 atom stereocenters. The number of nitrogens with two attached hydrogens (primary N) is 1. The number of hydrogen-bond acceptors (Lipinski definition) is 4. The molecule has 5 heteroatoms. The number of rotatable bonds is 7. The Labute approximate surface area is 156 Å². The maximum Gasteiger partial charge on any atom is 0.329 e. The molecule has 1 saturated heterocycles. The van der Waals surface area contributed by atoms with E-state index in [4.69, 9.17) is 10.5 Å². The van der Waals surface area contributed by atoms with Gasteiger partial charge in [0.05, 0.1) is 6.04 Å². The maximum absolute atomic E-state index is 13.0. The van der Waals surface area contributed by atoms with Crippen LogP contribution in [0.4, 0.5) is 0 Å². The van der Waals surface area contributed by atoms with Crippen LogP contribution < -0.4 is 5.73 Å². The van der Waals surface area contributed by atoms with E-state index in [9.17, 15) is 9.59 Å². The topological polar surface area (TPSA) is 72.6 Å². The zero-order valence-corrected chi connectivity index (χ0v) is 16.4. The highest BCUT2D eigenvalue weighted by Gasteiger charge is 2.46. The first kappa shape index (κ1) is 20.4. The van der Waals surface area contributed by atoms with Crippen LogP contribution in [-0.2, 0) is 20.9 Å². The number of nitrogens with zero attached hydrogens (tertiary/aromatic N) is 1. The molecule has 0 unspecified atom stereocenters. The average Bonchev–Trinajstić information content (AvgIpc) is 2.96. The molecule has 0 spiro atoms. The van der Waals surface area contributed by atoms with Crippen molar-refractivity contribution in [1.82, 2.24) is 4.90 Å². The Morgan fingerprint density at radius 2 is 1.85 bits per heavy atom. The summed E-state index contributed by atoms with van der Waals surface area (Å²) >= 11 is 0. The largest absolute Gasteiger partial charge is 0.459 e. The van der Waals surface area contributed by atoms with Gasteiger partial charge < -0.3 is 15.4 Å². The summed E-state index contributed by atoms with van der Waals surface area (Å²) in [6, 6.07) is 8.45. The molecule has 1 aromatic carbocycles. The molecule has 0 aliphatic carbocycles. The molecule has 1 aliphatic rings. The lowest BCUT2D eigenvalue weighted by Crippen LogP contribution is -2.51. The van der Waals surface area contributed by atoms with Crippen molar-refractivity contribution in [3.63, 3.8) is 0 Å². The van der Waals surface area contributed by atoms with E-state index in [2.05, 4.69) is 13.8 Å². The van der Waals surface area contributed by atoms with Gasteiger partial charge in [-0.05, 0) is 23.3 Å². The highest BCUT2D eigenvalue weighted by Crippen LogP contribution is 2.35. The Bertz CT molecular complexity index is 611. The smallest absolute Gasteiger partial charge is 0.329 e. The van der Waals surface area contributed by atoms with Crippen LogP contribution in [0.25, 0.3) is 0 Å². The van der Waals surface area contributed by atoms with Crippen molar-refractivity contribution in [2.75, 3.05) is 6.54 Å². The molecule has 26 heavy (non-hydrogen) atoms. The number of carbonyl (C=O) groups is 2. The quantitative estimate of drug-likeness (QED) is 0.758. The monoisotopic (exact) mass is 360 g/mol. The lowest BCUT2D eigenvalue weighted by molar-refractivity contribution is -0.155. The molecule has 0 saturated carbocycles. The van der Waals surface area contributed by atoms with E-state index in [1.165, 1.54) is 0 Å². The van der Waals surface area contributed by atoms with Crippen molar-refractivity contribution < 1.29 is 14.3 Å². The zero-order valence-electron chi connectivity index (χ0n) is 16.4. The molecular weight excluding hydrogens is 328 g/mol. The van der Waals surface area contributed by atoms with Crippen LogP contribution in [-0.4, -0.2) is 35.4 Å². The van der Waals surface area contributed by atoms with E-state index in [-0.39, 0.29) is 29.8 Å². The van der Waals surface area contributed by atoms with E-state index in [0.29, 0.717) is 13.0 Å². The number of amides is 1. The summed E-state index contributed by atoms with van der Waals surface area (Å²) < 4.78 is 5.50. The van der Waals surface area contributed by atoms with Crippen LogP contribution in [0.15, 0.2) is 30.3 Å². The summed E-state index contributed by atoms with van der Waals surface area (Å²) in [5, 5.41) is 0. The summed E-state index contributed by atoms with van der Waals surface area (Å²) in [5.74, 6) is -0.345. The fourth-order valence-electron chi connectivity index (χ4n) is 3.73. The third-order valence-corrected chi connectivity index (χ3v) is 5.34. The van der Waals surface area contributed by atoms with Crippen LogP contribution in [0.3, 0.4) is 0 Å². The molecule has 1 amide bonds. The fourth-order valence-corrected chi connectivity index (χ4v) is 3.73. The number of esters is 1. The molecule has 1 fully saturated rings. The van der Waals surface area contributed by atoms with Gasteiger partial charge in [-0.1, -0.05) is 70.9 Å². The first-order valence-electron chi connectivity index (χ1n) is 9.55. The van der Waals surface area contributed by atoms with Crippen LogP contribution >= 0.6 is 0 Å². The van der Waals surface area contributed by atoms with E-state index >= 15 is 0 Å². The molecule has 144 valence electrons. The van der Waals surface area contributed by atoms with Crippen molar-refractivity contribution in [3.8, 4) is 0 Å². The molecule has 1 aliphatic heterocycles. The standard InChI is InChI=1S/C21H32N2O3/c1-5-16(6-2)18(22)19(24)23-14-21(3,4)12-17(23)20(25)26-13-15-10-8-7-9-11-15/h7-11,16-18H,5-6,12-14,22H2,1-4H3/t17-,18-/m0/s1. The van der Waals surface area contributed by atoms with Gasteiger partial charge in [-0.25, -0.2) is 4.79 Å². The zero-order chi connectivity index (χ0) is 19.3. The number of carbonyl (C=O) groups excluding carboxylic acids is 2. The molecule has 0 bridgehead atoms. The minimum absolute atomic E-state index is 0.125. The van der Waals surface area contributed by atoms with Crippen LogP contribution in [0.5, 0.6) is 0 Å². The Kier molecular flexibility index (Phi) is 6.81. The number of likely N-dealkylation sites (tertiary alicyclic amines) is 1. The minimum atomic E-state index is -0.566. The highest BCUT2D eigenvalue weighted by atomic mass is 16.5. The lowest BCUT2D eigenvalue weighted by Gasteiger charge is -2.29. The summed E-state index contributed by atoms with van der Waals surface area (Å²) in [6.07, 6.45) is 2.30. The van der Waals surface area contributed by atoms with Crippen LogP contribution in [0.1, 0.15) is 52.5 Å². The predicted molar refractivity (Wildman–Crippen MR) is 102 cm³/mol. The lowest BCUT2D eigenvalue weighted by atomic mass is 9.91. The fraction of sp³-hybridized carbons (Fsp3) is 0.619. The van der Waals surface area contributed by atoms with Crippen molar-refractivity contribution in [2.45, 2.75) is 65.6 Å². The third-order valence-electron chi connectivity index (χ3n) is 5.34. The van der Waals surface area contributed by atoms with Crippen LogP contribution in [0, 0.1) is 11.3 Å². The number of benzene rings is 1. The van der Waals surface area contributed by atoms with E-state index in [1.807, 2.05) is 44.2 Å². The summed E-state index contributed by atoms with van der Waals surface area (Å²) in [4.78, 5) is 27.3. The van der Waals surface area contributed by atoms with Gasteiger partial charge in [0, 0.05) is 6.54 Å². The molecule has 2 N–H and O–H groups in total. The van der Waals surface area contributed by atoms with Gasteiger partial charge in [0.15, 0.2) is 0 Å². The van der Waals surface area contributed by atoms with Gasteiger partial charge in [0.1, 0.15) is 12.6 Å². The van der Waals surface area contributed by atoms with Gasteiger partial charge in [0.25, 0.3) is 0 Å². The Morgan fingerprint density at radius 1 is 1.23 bits per heavy atom. The number of ether oxygens (including phenoxy) is 1. The van der Waals surface area contributed by atoms with Gasteiger partial charge in [-0.2, -0.15) is 0 Å². The second-order valence-corrected chi connectivity index (χ2v) is 8.05. The molecule has 1 aromatic rings. The second-order valence-electron chi connectivity index (χ2n) is 8.05. The van der Waals surface area contributed by atoms with E-state index in [1.54, 1.807) is 4.90 Å². The molecule has 5 nitrogen and oxygen atoms in total. The molecule has 1 heterocycles. The first-order valence-corrected chi connectivity index (χ1v) is 9.55. The Balaban J connectivity index is 2.08. The molecular formula is C21H32N2O3. The van der Waals surface area contributed by atoms with Gasteiger partial charge in [-0.15, -0.1) is 0 Å². The average molecular weight is 360 g/mol. The minimum Gasteiger partial charge on any atom is -0.459 e. The third kappa shape index (κ3) is 4.85. The Hall–Kier alpha value is -1.88. The van der Waals surface area contributed by atoms with Crippen molar-refractivity contribution >= 4 is 11.9 Å². The number of hydrogen-bond donors (Lipinski definition) is 1. The summed E-state index contributed by atoms with van der Waals surface area (Å²) in [6.45, 7) is 8.98. The van der Waals surface area contributed by atoms with Crippen LogP contribution in [0.2, 0.25) is 0 Å². The molecule has 2 rings (SSSR count). The summed E-state index contributed by atoms with van der Waals surface area (Å²) in [5.41, 5.74) is 7.04. The maximum atomic E-state index is 13.0.